The van der Waals surface area contributed by atoms with Crippen molar-refractivity contribution >= 4 is 39.5 Å². The number of thiophene rings is 1. The number of hydrogen-bond acceptors (Lipinski definition) is 5. The van der Waals surface area contributed by atoms with E-state index in [4.69, 9.17) is 9.47 Å². The average Bonchev–Trinajstić information content (AvgIpc) is 2.70. The zero-order chi connectivity index (χ0) is 17.8. The largest absolute Gasteiger partial charge is 0.443 e. The molecule has 1 heterocycles. The van der Waals surface area contributed by atoms with Crippen LogP contribution in [0.15, 0.2) is 15.9 Å². The molecule has 1 aromatic rings. The van der Waals surface area contributed by atoms with Gasteiger partial charge in [0.15, 0.2) is 0 Å². The Bertz CT molecular complexity index is 529. The molecule has 0 bridgehead atoms. The Hall–Kier alpha value is -1.08. The highest BCUT2D eigenvalue weighted by Gasteiger charge is 2.30. The monoisotopic (exact) mass is 405 g/mol. The molecule has 23 heavy (non-hydrogen) atoms. The molecule has 0 N–H and O–H groups in total. The maximum absolute atomic E-state index is 12.3. The highest BCUT2D eigenvalue weighted by Crippen LogP contribution is 2.21. The summed E-state index contributed by atoms with van der Waals surface area (Å²) in [6.45, 7) is 10.8. The highest BCUT2D eigenvalue weighted by atomic mass is 79.9. The number of halogens is 1. The average molecular weight is 406 g/mol. The van der Waals surface area contributed by atoms with Crippen molar-refractivity contribution in [3.05, 3.63) is 20.8 Å². The van der Waals surface area contributed by atoms with Gasteiger partial charge in [-0.05, 0) is 63.5 Å². The minimum Gasteiger partial charge on any atom is -0.443 e. The van der Waals surface area contributed by atoms with Gasteiger partial charge in [0, 0.05) is 27.7 Å². The van der Waals surface area contributed by atoms with Crippen LogP contribution in [0.4, 0.5) is 9.59 Å². The first-order valence-corrected chi connectivity index (χ1v) is 9.01. The van der Waals surface area contributed by atoms with Gasteiger partial charge in [-0.1, -0.05) is 0 Å². The molecule has 0 spiro atoms. The van der Waals surface area contributed by atoms with Gasteiger partial charge in [0.2, 0.25) is 0 Å². The molecule has 1 rings (SSSR count). The lowest BCUT2D eigenvalue weighted by Crippen LogP contribution is -2.44. The molecular weight excluding hydrogens is 382 g/mol. The van der Waals surface area contributed by atoms with E-state index < -0.39 is 23.4 Å². The van der Waals surface area contributed by atoms with Crippen molar-refractivity contribution in [1.29, 1.82) is 0 Å². The number of imide groups is 1. The highest BCUT2D eigenvalue weighted by molar-refractivity contribution is 9.10. The van der Waals surface area contributed by atoms with E-state index in [2.05, 4.69) is 15.9 Å². The molecule has 0 atom stereocenters. The van der Waals surface area contributed by atoms with Crippen molar-refractivity contribution in [1.82, 2.24) is 4.90 Å². The quantitative estimate of drug-likeness (QED) is 0.690. The fourth-order valence-corrected chi connectivity index (χ4v) is 3.04. The molecule has 0 saturated heterocycles. The lowest BCUT2D eigenvalue weighted by atomic mass is 10.2. The van der Waals surface area contributed by atoms with E-state index in [0.717, 1.165) is 14.2 Å². The summed E-state index contributed by atoms with van der Waals surface area (Å²) in [5.41, 5.74) is -1.35. The number of ether oxygens (including phenoxy) is 2. The van der Waals surface area contributed by atoms with E-state index in [-0.39, 0.29) is 6.54 Å². The Morgan fingerprint density at radius 1 is 1.09 bits per heavy atom. The maximum Gasteiger partial charge on any atom is 0.419 e. The summed E-state index contributed by atoms with van der Waals surface area (Å²) < 4.78 is 11.6. The summed E-state index contributed by atoms with van der Waals surface area (Å²) >= 11 is 4.95. The summed E-state index contributed by atoms with van der Waals surface area (Å²) in [4.78, 5) is 26.7. The number of carbonyl (C=O) groups is 2. The van der Waals surface area contributed by atoms with Gasteiger partial charge in [0.05, 0.1) is 0 Å². The predicted octanol–water partition coefficient (Wildman–Crippen LogP) is 5.23. The molecule has 0 aromatic carbocycles. The van der Waals surface area contributed by atoms with Crippen molar-refractivity contribution in [3.63, 3.8) is 0 Å². The van der Waals surface area contributed by atoms with Crippen LogP contribution < -0.4 is 0 Å². The minimum atomic E-state index is -0.692. The van der Waals surface area contributed by atoms with E-state index in [9.17, 15) is 9.59 Å². The predicted molar refractivity (Wildman–Crippen MR) is 94.9 cm³/mol. The van der Waals surface area contributed by atoms with Gasteiger partial charge < -0.3 is 9.47 Å². The number of amides is 2. The zero-order valence-electron chi connectivity index (χ0n) is 14.4. The molecular formula is C16H24BrNO4S. The third-order valence-corrected chi connectivity index (χ3v) is 4.19. The van der Waals surface area contributed by atoms with Crippen LogP contribution >= 0.6 is 27.3 Å². The van der Waals surface area contributed by atoms with E-state index in [1.54, 1.807) is 52.9 Å². The van der Waals surface area contributed by atoms with Crippen LogP contribution in [-0.4, -0.2) is 34.8 Å². The van der Waals surface area contributed by atoms with Gasteiger partial charge in [-0.2, -0.15) is 0 Å². The fraction of sp³-hybridized carbons (Fsp3) is 0.625. The summed E-state index contributed by atoms with van der Waals surface area (Å²) in [6.07, 6.45) is -0.834. The second kappa shape index (κ2) is 7.66. The Labute approximate surface area is 150 Å². The zero-order valence-corrected chi connectivity index (χ0v) is 16.8. The third-order valence-electron chi connectivity index (χ3n) is 2.43. The van der Waals surface area contributed by atoms with E-state index in [0.29, 0.717) is 6.42 Å². The standard InChI is InChI=1S/C16H24BrNO4S/c1-15(2,3)21-13(19)18(14(20)22-16(4,5)6)8-7-12-9-11(17)10-23-12/h9-10H,7-8H2,1-6H3. The molecule has 1 aromatic heterocycles. The summed E-state index contributed by atoms with van der Waals surface area (Å²) in [5, 5.41) is 1.96. The second-order valence-electron chi connectivity index (χ2n) is 7.09. The van der Waals surface area contributed by atoms with Crippen LogP contribution in [-0.2, 0) is 15.9 Å². The SMILES string of the molecule is CC(C)(C)OC(=O)N(CCc1cc(Br)cs1)C(=O)OC(C)(C)C. The first kappa shape index (κ1) is 20.0. The van der Waals surface area contributed by atoms with Gasteiger partial charge in [-0.3, -0.25) is 0 Å². The molecule has 0 saturated carbocycles. The summed E-state index contributed by atoms with van der Waals surface area (Å²) in [7, 11) is 0. The molecule has 130 valence electrons. The van der Waals surface area contributed by atoms with Gasteiger partial charge >= 0.3 is 12.2 Å². The smallest absolute Gasteiger partial charge is 0.419 e. The van der Waals surface area contributed by atoms with Crippen molar-refractivity contribution in [2.45, 2.75) is 59.2 Å². The molecule has 2 amide bonds. The summed E-state index contributed by atoms with van der Waals surface area (Å²) in [6, 6.07) is 1.97. The van der Waals surface area contributed by atoms with Gasteiger partial charge in [0.1, 0.15) is 11.2 Å². The van der Waals surface area contributed by atoms with E-state index >= 15 is 0 Å². The lowest BCUT2D eigenvalue weighted by molar-refractivity contribution is 0.00174. The van der Waals surface area contributed by atoms with Gasteiger partial charge in [-0.25, -0.2) is 14.5 Å². The topological polar surface area (TPSA) is 55.8 Å². The fourth-order valence-electron chi connectivity index (χ4n) is 1.60. The minimum absolute atomic E-state index is 0.205. The van der Waals surface area contributed by atoms with Gasteiger partial charge in [0.25, 0.3) is 0 Å². The van der Waals surface area contributed by atoms with Crippen LogP contribution in [0.3, 0.4) is 0 Å². The first-order valence-electron chi connectivity index (χ1n) is 7.34. The number of rotatable bonds is 3. The van der Waals surface area contributed by atoms with E-state index in [1.807, 2.05) is 11.4 Å². The molecule has 0 radical (unpaired) electrons. The van der Waals surface area contributed by atoms with Gasteiger partial charge in [-0.15, -0.1) is 11.3 Å². The van der Waals surface area contributed by atoms with E-state index in [1.165, 1.54) is 0 Å². The summed E-state index contributed by atoms with van der Waals surface area (Å²) in [5.74, 6) is 0. The van der Waals surface area contributed by atoms with Crippen molar-refractivity contribution in [2.75, 3.05) is 6.54 Å². The number of hydrogen-bond donors (Lipinski definition) is 0. The Kier molecular flexibility index (Phi) is 6.65. The lowest BCUT2D eigenvalue weighted by Gasteiger charge is -2.28. The Morgan fingerprint density at radius 3 is 1.91 bits per heavy atom. The maximum atomic E-state index is 12.3. The molecule has 0 aliphatic rings. The van der Waals surface area contributed by atoms with Crippen molar-refractivity contribution in [2.24, 2.45) is 0 Å². The van der Waals surface area contributed by atoms with Crippen LogP contribution in [0.5, 0.6) is 0 Å². The number of nitrogens with zero attached hydrogens (tertiary/aromatic N) is 1. The van der Waals surface area contributed by atoms with Crippen LogP contribution in [0, 0.1) is 0 Å². The van der Waals surface area contributed by atoms with Crippen LogP contribution in [0.1, 0.15) is 46.4 Å². The molecule has 0 fully saturated rings. The third kappa shape index (κ3) is 7.83. The van der Waals surface area contributed by atoms with Crippen LogP contribution in [0.2, 0.25) is 0 Å². The molecule has 7 heteroatoms. The van der Waals surface area contributed by atoms with Crippen LogP contribution in [0.25, 0.3) is 0 Å². The molecule has 0 aliphatic heterocycles. The van der Waals surface area contributed by atoms with Crippen molar-refractivity contribution < 1.29 is 19.1 Å². The number of carbonyl (C=O) groups excluding carboxylic acids is 2. The van der Waals surface area contributed by atoms with Crippen molar-refractivity contribution in [3.8, 4) is 0 Å². The normalized spacial score (nSPS) is 12.0. The molecule has 5 nitrogen and oxygen atoms in total. The Morgan fingerprint density at radius 2 is 1.57 bits per heavy atom. The second-order valence-corrected chi connectivity index (χ2v) is 9.01. The molecule has 0 aliphatic carbocycles. The Balaban J connectivity index is 2.82. The first-order chi connectivity index (χ1) is 10.4. The molecule has 0 unspecified atom stereocenters.